The average Bonchev–Trinajstić information content (AvgIpc) is 3.16. The highest BCUT2D eigenvalue weighted by atomic mass is 16.5. The van der Waals surface area contributed by atoms with E-state index in [2.05, 4.69) is 30.7 Å². The second-order valence-corrected chi connectivity index (χ2v) is 6.15. The van der Waals surface area contributed by atoms with Crippen LogP contribution in [0.25, 0.3) is 28.0 Å². The molecule has 9 heteroatoms. The molecule has 146 valence electrons. The van der Waals surface area contributed by atoms with Crippen molar-refractivity contribution in [3.05, 3.63) is 55.0 Å². The smallest absolute Gasteiger partial charge is 0.321 e. The first-order valence-electron chi connectivity index (χ1n) is 9.04. The Kier molecular flexibility index (Phi) is 5.02. The van der Waals surface area contributed by atoms with E-state index in [0.717, 1.165) is 22.4 Å². The van der Waals surface area contributed by atoms with Gasteiger partial charge in [-0.1, -0.05) is 6.07 Å². The van der Waals surface area contributed by atoms with Gasteiger partial charge in [0.05, 0.1) is 12.8 Å². The standard InChI is InChI=1S/C20H19N7O2/c1-3-22-20(28)25-19-24-17-10-15(13-5-4-8-21-11-13)9-16(27(17)26-19)14-6-7-18(29-2)23-12-14/h4-12H,3H2,1-2H3,(H2,22,25,26,28). The van der Waals surface area contributed by atoms with Crippen LogP contribution in [0.2, 0.25) is 0 Å². The van der Waals surface area contributed by atoms with E-state index < -0.39 is 0 Å². The van der Waals surface area contributed by atoms with Gasteiger partial charge in [0.1, 0.15) is 0 Å². The topological polar surface area (TPSA) is 106 Å². The van der Waals surface area contributed by atoms with Crippen LogP contribution in [0.3, 0.4) is 0 Å². The average molecular weight is 389 g/mol. The van der Waals surface area contributed by atoms with Gasteiger partial charge in [-0.15, -0.1) is 5.10 Å². The molecule has 0 saturated heterocycles. The van der Waals surface area contributed by atoms with Crippen molar-refractivity contribution in [1.82, 2.24) is 29.9 Å². The molecular weight excluding hydrogens is 370 g/mol. The third-order valence-corrected chi connectivity index (χ3v) is 4.24. The molecule has 2 N–H and O–H groups in total. The maximum absolute atomic E-state index is 11.9. The lowest BCUT2D eigenvalue weighted by Crippen LogP contribution is -2.28. The van der Waals surface area contributed by atoms with E-state index in [1.807, 2.05) is 37.3 Å². The van der Waals surface area contributed by atoms with Gasteiger partial charge in [0.15, 0.2) is 5.65 Å². The second kappa shape index (κ2) is 7.93. The number of urea groups is 1. The van der Waals surface area contributed by atoms with E-state index in [0.29, 0.717) is 18.1 Å². The summed E-state index contributed by atoms with van der Waals surface area (Å²) in [6, 6.07) is 11.0. The second-order valence-electron chi connectivity index (χ2n) is 6.15. The van der Waals surface area contributed by atoms with Crippen LogP contribution in [-0.2, 0) is 0 Å². The molecule has 4 aromatic rings. The minimum atomic E-state index is -0.358. The fourth-order valence-corrected chi connectivity index (χ4v) is 2.90. The van der Waals surface area contributed by atoms with Gasteiger partial charge in [0, 0.05) is 42.3 Å². The van der Waals surface area contributed by atoms with Gasteiger partial charge in [0.2, 0.25) is 5.88 Å². The first-order chi connectivity index (χ1) is 14.2. The van der Waals surface area contributed by atoms with Gasteiger partial charge in [-0.3, -0.25) is 10.3 Å². The Morgan fingerprint density at radius 2 is 2.03 bits per heavy atom. The monoisotopic (exact) mass is 389 g/mol. The number of carbonyl (C=O) groups is 1. The van der Waals surface area contributed by atoms with Gasteiger partial charge in [-0.2, -0.15) is 4.98 Å². The minimum absolute atomic E-state index is 0.210. The molecule has 0 fully saturated rings. The Balaban J connectivity index is 1.85. The molecule has 9 nitrogen and oxygen atoms in total. The normalized spacial score (nSPS) is 10.7. The van der Waals surface area contributed by atoms with Crippen LogP contribution in [0.5, 0.6) is 5.88 Å². The molecule has 0 aliphatic heterocycles. The van der Waals surface area contributed by atoms with Crippen LogP contribution in [0.4, 0.5) is 10.7 Å². The first-order valence-corrected chi connectivity index (χ1v) is 9.04. The third-order valence-electron chi connectivity index (χ3n) is 4.24. The number of carbonyl (C=O) groups excluding carboxylic acids is 1. The third kappa shape index (κ3) is 3.84. The largest absolute Gasteiger partial charge is 0.481 e. The van der Waals surface area contributed by atoms with E-state index in [4.69, 9.17) is 4.74 Å². The van der Waals surface area contributed by atoms with Crippen molar-refractivity contribution < 1.29 is 9.53 Å². The van der Waals surface area contributed by atoms with Crippen molar-refractivity contribution in [1.29, 1.82) is 0 Å². The van der Waals surface area contributed by atoms with E-state index in [-0.39, 0.29) is 12.0 Å². The number of hydrogen-bond acceptors (Lipinski definition) is 6. The van der Waals surface area contributed by atoms with Crippen LogP contribution >= 0.6 is 0 Å². The summed E-state index contributed by atoms with van der Waals surface area (Å²) in [5, 5.41) is 9.76. The summed E-state index contributed by atoms with van der Waals surface area (Å²) in [7, 11) is 1.57. The Morgan fingerprint density at radius 1 is 1.14 bits per heavy atom. The summed E-state index contributed by atoms with van der Waals surface area (Å²) >= 11 is 0. The molecule has 0 aliphatic rings. The number of hydrogen-bond donors (Lipinski definition) is 2. The highest BCUT2D eigenvalue weighted by Gasteiger charge is 2.14. The molecule has 0 bridgehead atoms. The SMILES string of the molecule is CCNC(=O)Nc1nc2cc(-c3cccnc3)cc(-c3ccc(OC)nc3)n2n1. The molecule has 0 radical (unpaired) electrons. The van der Waals surface area contributed by atoms with Gasteiger partial charge in [-0.05, 0) is 36.8 Å². The van der Waals surface area contributed by atoms with Gasteiger partial charge in [-0.25, -0.2) is 14.3 Å². The highest BCUT2D eigenvalue weighted by Crippen LogP contribution is 2.28. The van der Waals surface area contributed by atoms with Gasteiger partial charge >= 0.3 is 6.03 Å². The zero-order valence-corrected chi connectivity index (χ0v) is 16.0. The lowest BCUT2D eigenvalue weighted by molar-refractivity contribution is 0.252. The van der Waals surface area contributed by atoms with E-state index in [1.54, 1.807) is 36.3 Å². The zero-order valence-electron chi connectivity index (χ0n) is 16.0. The predicted octanol–water partition coefficient (Wildman–Crippen LogP) is 3.00. The number of methoxy groups -OCH3 is 1. The first kappa shape index (κ1) is 18.4. The fraction of sp³-hybridized carbons (Fsp3) is 0.150. The van der Waals surface area contributed by atoms with Crippen LogP contribution in [-0.4, -0.2) is 44.3 Å². The molecule has 4 heterocycles. The number of nitrogens with zero attached hydrogens (tertiary/aromatic N) is 5. The van der Waals surface area contributed by atoms with Crippen molar-refractivity contribution in [2.75, 3.05) is 19.0 Å². The van der Waals surface area contributed by atoms with Crippen LogP contribution in [0.1, 0.15) is 6.92 Å². The summed E-state index contributed by atoms with van der Waals surface area (Å²) < 4.78 is 6.82. The minimum Gasteiger partial charge on any atom is -0.481 e. The number of nitrogens with one attached hydrogen (secondary N) is 2. The molecule has 29 heavy (non-hydrogen) atoms. The molecule has 4 rings (SSSR count). The van der Waals surface area contributed by atoms with Crippen molar-refractivity contribution >= 4 is 17.6 Å². The molecule has 0 spiro atoms. The zero-order chi connectivity index (χ0) is 20.2. The van der Waals surface area contributed by atoms with Crippen LogP contribution in [0, 0.1) is 0 Å². The molecule has 0 unspecified atom stereocenters. The lowest BCUT2D eigenvalue weighted by Gasteiger charge is -2.08. The van der Waals surface area contributed by atoms with Crippen molar-refractivity contribution in [2.24, 2.45) is 0 Å². The lowest BCUT2D eigenvalue weighted by atomic mass is 10.1. The van der Waals surface area contributed by atoms with Gasteiger partial charge in [0.25, 0.3) is 5.95 Å². The molecule has 4 aromatic heterocycles. The van der Waals surface area contributed by atoms with E-state index in [1.165, 1.54) is 0 Å². The number of rotatable bonds is 5. The molecule has 2 amide bonds. The number of aromatic nitrogens is 5. The Bertz CT molecular complexity index is 1140. The van der Waals surface area contributed by atoms with Crippen molar-refractivity contribution in [2.45, 2.75) is 6.92 Å². The fourth-order valence-electron chi connectivity index (χ4n) is 2.90. The molecule has 0 aliphatic carbocycles. The summed E-state index contributed by atoms with van der Waals surface area (Å²) in [6.45, 7) is 2.35. The van der Waals surface area contributed by atoms with E-state index in [9.17, 15) is 4.79 Å². The van der Waals surface area contributed by atoms with Crippen molar-refractivity contribution in [3.63, 3.8) is 0 Å². The molecule has 0 saturated carbocycles. The number of anilines is 1. The molecule has 0 aromatic carbocycles. The number of ether oxygens (including phenoxy) is 1. The van der Waals surface area contributed by atoms with Crippen LogP contribution < -0.4 is 15.4 Å². The summed E-state index contributed by atoms with van der Waals surface area (Å²) in [5.41, 5.74) is 4.06. The summed E-state index contributed by atoms with van der Waals surface area (Å²) in [4.78, 5) is 24.8. The molecule has 0 atom stereocenters. The maximum Gasteiger partial charge on any atom is 0.321 e. The Hall–Kier alpha value is -4.01. The Labute approximate surface area is 166 Å². The Morgan fingerprint density at radius 3 is 2.72 bits per heavy atom. The molecular formula is C20H19N7O2. The van der Waals surface area contributed by atoms with E-state index >= 15 is 0 Å². The maximum atomic E-state index is 11.9. The number of pyridine rings is 3. The highest BCUT2D eigenvalue weighted by molar-refractivity contribution is 5.87. The quantitative estimate of drug-likeness (QED) is 0.543. The number of fused-ring (bicyclic) bond motifs is 1. The van der Waals surface area contributed by atoms with Crippen molar-refractivity contribution in [3.8, 4) is 28.3 Å². The predicted molar refractivity (Wildman–Crippen MR) is 109 cm³/mol. The summed E-state index contributed by atoms with van der Waals surface area (Å²) in [6.07, 6.45) is 5.22. The number of amides is 2. The van der Waals surface area contributed by atoms with Gasteiger partial charge < -0.3 is 10.1 Å². The summed E-state index contributed by atoms with van der Waals surface area (Å²) in [5.74, 6) is 0.729. The van der Waals surface area contributed by atoms with Crippen LogP contribution in [0.15, 0.2) is 55.0 Å².